The van der Waals surface area contributed by atoms with Gasteiger partial charge in [0.15, 0.2) is 12.3 Å². The first-order chi connectivity index (χ1) is 16.1. The van der Waals surface area contributed by atoms with Gasteiger partial charge in [0.1, 0.15) is 11.8 Å². The van der Waals surface area contributed by atoms with Crippen molar-refractivity contribution in [3.05, 3.63) is 60.1 Å². The SMILES string of the molecule is NC(=O)c1n[nH]c2cc(-c3noc([C@H]4CCCCN4C(=O)COc4ccccc4)n3)ccc12. The van der Waals surface area contributed by atoms with Crippen LogP contribution in [0.2, 0.25) is 0 Å². The zero-order chi connectivity index (χ0) is 22.8. The molecule has 1 aliphatic heterocycles. The number of primary amides is 1. The number of aromatic nitrogens is 4. The fraction of sp³-hybridized carbons (Fsp3) is 0.261. The zero-order valence-electron chi connectivity index (χ0n) is 17.7. The van der Waals surface area contributed by atoms with Crippen LogP contribution >= 0.6 is 0 Å². The summed E-state index contributed by atoms with van der Waals surface area (Å²) in [5.41, 5.74) is 6.86. The molecule has 0 unspecified atom stereocenters. The maximum atomic E-state index is 12.9. The van der Waals surface area contributed by atoms with Gasteiger partial charge in [0, 0.05) is 17.5 Å². The van der Waals surface area contributed by atoms with Crippen molar-refractivity contribution >= 4 is 22.7 Å². The van der Waals surface area contributed by atoms with E-state index in [1.54, 1.807) is 23.1 Å². The lowest BCUT2D eigenvalue weighted by Crippen LogP contribution is -2.41. The Bertz CT molecular complexity index is 1300. The van der Waals surface area contributed by atoms with Crippen molar-refractivity contribution < 1.29 is 18.8 Å². The molecule has 3 heterocycles. The number of ether oxygens (including phenoxy) is 1. The average Bonchev–Trinajstić information content (AvgIpc) is 3.50. The molecule has 0 saturated carbocycles. The van der Waals surface area contributed by atoms with E-state index in [1.807, 2.05) is 30.3 Å². The Labute approximate surface area is 188 Å². The van der Waals surface area contributed by atoms with E-state index in [-0.39, 0.29) is 24.2 Å². The van der Waals surface area contributed by atoms with Gasteiger partial charge in [0.2, 0.25) is 11.7 Å². The number of likely N-dealkylation sites (tertiary alicyclic amines) is 1. The van der Waals surface area contributed by atoms with Crippen LogP contribution in [0.4, 0.5) is 0 Å². The number of para-hydroxylation sites is 1. The largest absolute Gasteiger partial charge is 0.484 e. The molecule has 10 heteroatoms. The topological polar surface area (TPSA) is 140 Å². The number of nitrogens with two attached hydrogens (primary N) is 1. The second-order valence-electron chi connectivity index (χ2n) is 7.85. The maximum Gasteiger partial charge on any atom is 0.269 e. The van der Waals surface area contributed by atoms with E-state index in [0.717, 1.165) is 19.3 Å². The van der Waals surface area contributed by atoms with E-state index in [2.05, 4.69) is 20.3 Å². The summed E-state index contributed by atoms with van der Waals surface area (Å²) < 4.78 is 11.2. The van der Waals surface area contributed by atoms with Gasteiger partial charge < -0.3 is 19.9 Å². The lowest BCUT2D eigenvalue weighted by molar-refractivity contribution is -0.138. The number of rotatable bonds is 6. The molecule has 2 aromatic heterocycles. The number of H-pyrrole nitrogens is 1. The van der Waals surface area contributed by atoms with Crippen LogP contribution in [0.15, 0.2) is 53.1 Å². The summed E-state index contributed by atoms with van der Waals surface area (Å²) in [6, 6.07) is 14.2. The van der Waals surface area contributed by atoms with Crippen LogP contribution in [-0.4, -0.2) is 50.2 Å². The van der Waals surface area contributed by atoms with Crippen LogP contribution in [0.1, 0.15) is 41.7 Å². The Morgan fingerprint density at radius 3 is 2.85 bits per heavy atom. The van der Waals surface area contributed by atoms with Gasteiger partial charge in [-0.1, -0.05) is 29.4 Å². The second-order valence-corrected chi connectivity index (χ2v) is 7.85. The lowest BCUT2D eigenvalue weighted by atomic mass is 10.0. The van der Waals surface area contributed by atoms with Crippen LogP contribution in [0.25, 0.3) is 22.3 Å². The summed E-state index contributed by atoms with van der Waals surface area (Å²) in [4.78, 5) is 30.7. The van der Waals surface area contributed by atoms with Crippen molar-refractivity contribution in [3.63, 3.8) is 0 Å². The number of carbonyl (C=O) groups excluding carboxylic acids is 2. The molecule has 2 amide bonds. The van der Waals surface area contributed by atoms with Gasteiger partial charge in [-0.2, -0.15) is 10.1 Å². The van der Waals surface area contributed by atoms with Crippen molar-refractivity contribution in [2.45, 2.75) is 25.3 Å². The number of nitrogens with one attached hydrogen (secondary N) is 1. The standard InChI is InChI=1S/C23H22N6O4/c24-21(31)20-16-10-9-14(12-17(16)26-27-20)22-25-23(33-28-22)18-8-4-5-11-29(18)19(30)13-32-15-6-2-1-3-7-15/h1-3,6-7,9-10,12,18H,4-5,8,11,13H2,(H2,24,31)(H,26,27)/t18-/m1/s1. The van der Waals surface area contributed by atoms with Gasteiger partial charge >= 0.3 is 0 Å². The molecule has 10 nitrogen and oxygen atoms in total. The fourth-order valence-corrected chi connectivity index (χ4v) is 4.07. The van der Waals surface area contributed by atoms with Gasteiger partial charge in [-0.25, -0.2) is 0 Å². The first-order valence-electron chi connectivity index (χ1n) is 10.7. The molecule has 0 radical (unpaired) electrons. The monoisotopic (exact) mass is 446 g/mol. The Hall–Kier alpha value is -4.21. The number of amides is 2. The highest BCUT2D eigenvalue weighted by molar-refractivity contribution is 6.04. The minimum Gasteiger partial charge on any atom is -0.484 e. The molecule has 1 fully saturated rings. The summed E-state index contributed by atoms with van der Waals surface area (Å²) in [5, 5.41) is 11.5. The van der Waals surface area contributed by atoms with E-state index in [9.17, 15) is 9.59 Å². The molecule has 3 N–H and O–H groups in total. The molecular formula is C23H22N6O4. The van der Waals surface area contributed by atoms with Gasteiger partial charge in [0.05, 0.1) is 5.52 Å². The second kappa shape index (κ2) is 8.73. The van der Waals surface area contributed by atoms with E-state index < -0.39 is 5.91 Å². The van der Waals surface area contributed by atoms with Crippen LogP contribution in [0.3, 0.4) is 0 Å². The van der Waals surface area contributed by atoms with Crippen molar-refractivity contribution in [1.29, 1.82) is 0 Å². The maximum absolute atomic E-state index is 12.9. The lowest BCUT2D eigenvalue weighted by Gasteiger charge is -2.33. The first-order valence-corrected chi connectivity index (χ1v) is 10.7. The third-order valence-electron chi connectivity index (χ3n) is 5.71. The Morgan fingerprint density at radius 2 is 2.03 bits per heavy atom. The summed E-state index contributed by atoms with van der Waals surface area (Å²) in [7, 11) is 0. The molecular weight excluding hydrogens is 424 g/mol. The van der Waals surface area contributed by atoms with Gasteiger partial charge in [-0.15, -0.1) is 0 Å². The average molecular weight is 446 g/mol. The van der Waals surface area contributed by atoms with E-state index in [4.69, 9.17) is 15.0 Å². The predicted molar refractivity (Wildman–Crippen MR) is 118 cm³/mol. The summed E-state index contributed by atoms with van der Waals surface area (Å²) in [6.07, 6.45) is 2.61. The van der Waals surface area contributed by atoms with Crippen molar-refractivity contribution in [2.24, 2.45) is 5.73 Å². The Kier molecular flexibility index (Phi) is 5.47. The highest BCUT2D eigenvalue weighted by atomic mass is 16.5. The summed E-state index contributed by atoms with van der Waals surface area (Å²) >= 11 is 0. The highest BCUT2D eigenvalue weighted by Gasteiger charge is 2.32. The minimum atomic E-state index is -0.603. The molecule has 0 spiro atoms. The van der Waals surface area contributed by atoms with Crippen molar-refractivity contribution in [3.8, 4) is 17.1 Å². The van der Waals surface area contributed by atoms with Crippen molar-refractivity contribution in [1.82, 2.24) is 25.2 Å². The number of piperidine rings is 1. The molecule has 168 valence electrons. The van der Waals surface area contributed by atoms with Crippen LogP contribution in [0.5, 0.6) is 5.75 Å². The molecule has 1 aliphatic rings. The van der Waals surface area contributed by atoms with Crippen LogP contribution in [-0.2, 0) is 4.79 Å². The van der Waals surface area contributed by atoms with Gasteiger partial charge in [-0.05, 0) is 43.5 Å². The predicted octanol–water partition coefficient (Wildman–Crippen LogP) is 2.84. The Balaban J connectivity index is 1.34. The number of nitrogens with zero attached hydrogens (tertiary/aromatic N) is 4. The first kappa shape index (κ1) is 20.7. The van der Waals surface area contributed by atoms with Crippen molar-refractivity contribution in [2.75, 3.05) is 13.2 Å². The van der Waals surface area contributed by atoms with Crippen LogP contribution in [0, 0.1) is 0 Å². The van der Waals surface area contributed by atoms with Gasteiger partial charge in [0.25, 0.3) is 11.8 Å². The van der Waals surface area contributed by atoms with Gasteiger partial charge in [-0.3, -0.25) is 14.7 Å². The molecule has 1 saturated heterocycles. The van der Waals surface area contributed by atoms with E-state index in [1.165, 1.54) is 0 Å². The zero-order valence-corrected chi connectivity index (χ0v) is 17.7. The molecule has 0 aliphatic carbocycles. The molecule has 5 rings (SSSR count). The fourth-order valence-electron chi connectivity index (χ4n) is 4.07. The molecule has 4 aromatic rings. The summed E-state index contributed by atoms with van der Waals surface area (Å²) in [5.74, 6) is 0.699. The third-order valence-corrected chi connectivity index (χ3v) is 5.71. The quantitative estimate of drug-likeness (QED) is 0.464. The van der Waals surface area contributed by atoms with E-state index >= 15 is 0 Å². The molecule has 33 heavy (non-hydrogen) atoms. The Morgan fingerprint density at radius 1 is 1.18 bits per heavy atom. The number of benzene rings is 2. The number of aromatic amines is 1. The molecule has 1 atom stereocenters. The third kappa shape index (κ3) is 4.14. The van der Waals surface area contributed by atoms with E-state index in [0.29, 0.717) is 40.5 Å². The summed E-state index contributed by atoms with van der Waals surface area (Å²) in [6.45, 7) is 0.551. The number of fused-ring (bicyclic) bond motifs is 1. The highest BCUT2D eigenvalue weighted by Crippen LogP contribution is 2.32. The molecule has 0 bridgehead atoms. The number of hydrogen-bond donors (Lipinski definition) is 2. The molecule has 2 aromatic carbocycles. The van der Waals surface area contributed by atoms with Crippen LogP contribution < -0.4 is 10.5 Å². The number of carbonyl (C=O) groups is 2. The smallest absolute Gasteiger partial charge is 0.269 e. The minimum absolute atomic E-state index is 0.0554. The normalized spacial score (nSPS) is 16.1. The number of hydrogen-bond acceptors (Lipinski definition) is 7.